The second-order valence-electron chi connectivity index (χ2n) is 6.08. The van der Waals surface area contributed by atoms with Crippen molar-refractivity contribution in [3.05, 3.63) is 59.9 Å². The zero-order chi connectivity index (χ0) is 16.0. The first-order valence-electron chi connectivity index (χ1n) is 7.52. The number of para-hydroxylation sites is 2. The molecular weight excluding hydrogens is 310 g/mol. The van der Waals surface area contributed by atoms with Crippen molar-refractivity contribution in [2.24, 2.45) is 0 Å². The van der Waals surface area contributed by atoms with Crippen LogP contribution in [0.1, 0.15) is 29.6 Å². The fraction of sp³-hybridized carbons (Fsp3) is 0.235. The summed E-state index contributed by atoms with van der Waals surface area (Å²) in [5, 5.41) is 0. The molecule has 1 fully saturated rings. The summed E-state index contributed by atoms with van der Waals surface area (Å²) in [5.41, 5.74) is 3.88. The molecule has 1 heterocycles. The molecule has 5 nitrogen and oxygen atoms in total. The lowest BCUT2D eigenvalue weighted by Gasteiger charge is -2.05. The lowest BCUT2D eigenvalue weighted by molar-refractivity contribution is 0.607. The molecule has 1 aliphatic rings. The van der Waals surface area contributed by atoms with E-state index in [-0.39, 0.29) is 0 Å². The molecule has 6 heteroatoms. The second-order valence-corrected chi connectivity index (χ2v) is 7.83. The number of benzene rings is 2. The van der Waals surface area contributed by atoms with Gasteiger partial charge in [-0.2, -0.15) is 0 Å². The first-order chi connectivity index (χ1) is 11.0. The number of rotatable bonds is 4. The minimum Gasteiger partial charge on any atom is -0.342 e. The van der Waals surface area contributed by atoms with Crippen LogP contribution in [-0.4, -0.2) is 24.6 Å². The van der Waals surface area contributed by atoms with Crippen molar-refractivity contribution in [1.82, 2.24) is 9.97 Å². The van der Waals surface area contributed by atoms with Crippen molar-refractivity contribution >= 4 is 26.7 Å². The lowest BCUT2D eigenvalue weighted by atomic mass is 10.1. The van der Waals surface area contributed by atoms with Gasteiger partial charge in [-0.1, -0.05) is 24.3 Å². The van der Waals surface area contributed by atoms with Crippen molar-refractivity contribution in [1.29, 1.82) is 0 Å². The Morgan fingerprint density at radius 3 is 2.52 bits per heavy atom. The minimum atomic E-state index is -3.23. The highest BCUT2D eigenvalue weighted by Gasteiger charge is 2.41. The standard InChI is InChI=1S/C17H17N3O2S/c1-23(21,22)20-12-8-6-11(7-9-12)13-10-14(13)17-18-15-4-2-3-5-16(15)19-17/h2-9,13-14,20H,10H2,1H3,(H,18,19). The van der Waals surface area contributed by atoms with Crippen LogP contribution in [0.15, 0.2) is 48.5 Å². The van der Waals surface area contributed by atoms with Gasteiger partial charge < -0.3 is 4.98 Å². The molecule has 3 aromatic rings. The van der Waals surface area contributed by atoms with Gasteiger partial charge in [-0.25, -0.2) is 13.4 Å². The molecule has 0 spiro atoms. The van der Waals surface area contributed by atoms with Crippen LogP contribution in [-0.2, 0) is 10.0 Å². The molecule has 0 amide bonds. The summed E-state index contributed by atoms with van der Waals surface area (Å²) in [7, 11) is -3.23. The number of anilines is 1. The number of hydrogen-bond donors (Lipinski definition) is 2. The minimum absolute atomic E-state index is 0.413. The van der Waals surface area contributed by atoms with Gasteiger partial charge in [0.2, 0.25) is 10.0 Å². The maximum absolute atomic E-state index is 11.2. The summed E-state index contributed by atoms with van der Waals surface area (Å²) in [5.74, 6) is 1.90. The van der Waals surface area contributed by atoms with E-state index in [1.165, 1.54) is 5.56 Å². The molecule has 1 aromatic heterocycles. The molecular formula is C17H17N3O2S. The van der Waals surface area contributed by atoms with Crippen LogP contribution in [0.25, 0.3) is 11.0 Å². The van der Waals surface area contributed by atoms with Crippen molar-refractivity contribution in [3.8, 4) is 0 Å². The first-order valence-corrected chi connectivity index (χ1v) is 9.41. The van der Waals surface area contributed by atoms with Gasteiger partial charge >= 0.3 is 0 Å². The monoisotopic (exact) mass is 327 g/mol. The molecule has 23 heavy (non-hydrogen) atoms. The van der Waals surface area contributed by atoms with Crippen LogP contribution in [0.5, 0.6) is 0 Å². The maximum Gasteiger partial charge on any atom is 0.229 e. The molecule has 4 rings (SSSR count). The maximum atomic E-state index is 11.2. The van der Waals surface area contributed by atoms with Gasteiger partial charge in [0.25, 0.3) is 0 Å². The van der Waals surface area contributed by atoms with Gasteiger partial charge in [-0.05, 0) is 42.2 Å². The smallest absolute Gasteiger partial charge is 0.229 e. The average molecular weight is 327 g/mol. The molecule has 0 saturated heterocycles. The van der Waals surface area contributed by atoms with E-state index in [2.05, 4.69) is 14.7 Å². The summed E-state index contributed by atoms with van der Waals surface area (Å²) in [4.78, 5) is 8.07. The van der Waals surface area contributed by atoms with Crippen LogP contribution in [0.2, 0.25) is 0 Å². The third-order valence-electron chi connectivity index (χ3n) is 4.19. The van der Waals surface area contributed by atoms with Crippen LogP contribution in [0.4, 0.5) is 5.69 Å². The highest BCUT2D eigenvalue weighted by molar-refractivity contribution is 7.92. The highest BCUT2D eigenvalue weighted by Crippen LogP contribution is 2.54. The van der Waals surface area contributed by atoms with Gasteiger partial charge in [0.15, 0.2) is 0 Å². The lowest BCUT2D eigenvalue weighted by Crippen LogP contribution is -2.09. The number of sulfonamides is 1. The Balaban J connectivity index is 1.52. The topological polar surface area (TPSA) is 74.8 Å². The molecule has 2 aromatic carbocycles. The average Bonchev–Trinajstić information content (AvgIpc) is 3.18. The molecule has 1 aliphatic carbocycles. The van der Waals surface area contributed by atoms with E-state index in [0.29, 0.717) is 17.5 Å². The van der Waals surface area contributed by atoms with Crippen LogP contribution in [0.3, 0.4) is 0 Å². The van der Waals surface area contributed by atoms with Gasteiger partial charge in [0, 0.05) is 11.6 Å². The fourth-order valence-corrected chi connectivity index (χ4v) is 3.59. The van der Waals surface area contributed by atoms with E-state index in [1.807, 2.05) is 48.5 Å². The van der Waals surface area contributed by atoms with Crippen molar-refractivity contribution in [2.75, 3.05) is 11.0 Å². The summed E-state index contributed by atoms with van der Waals surface area (Å²) in [6, 6.07) is 15.6. The van der Waals surface area contributed by atoms with E-state index in [1.54, 1.807) is 0 Å². The third-order valence-corrected chi connectivity index (χ3v) is 4.80. The van der Waals surface area contributed by atoms with E-state index >= 15 is 0 Å². The van der Waals surface area contributed by atoms with Crippen LogP contribution in [0, 0.1) is 0 Å². The summed E-state index contributed by atoms with van der Waals surface area (Å²) in [6.45, 7) is 0. The molecule has 0 bridgehead atoms. The van der Waals surface area contributed by atoms with Crippen molar-refractivity contribution in [3.63, 3.8) is 0 Å². The molecule has 0 radical (unpaired) electrons. The Morgan fingerprint density at radius 1 is 1.09 bits per heavy atom. The van der Waals surface area contributed by atoms with Gasteiger partial charge in [0.1, 0.15) is 5.82 Å². The SMILES string of the molecule is CS(=O)(=O)Nc1ccc(C2CC2c2nc3ccccc3[nH]2)cc1. The molecule has 2 atom stereocenters. The number of fused-ring (bicyclic) bond motifs is 1. The molecule has 1 saturated carbocycles. The fourth-order valence-electron chi connectivity index (χ4n) is 3.03. The molecule has 0 aliphatic heterocycles. The number of imidazole rings is 1. The number of aromatic amines is 1. The Hall–Kier alpha value is -2.34. The number of aromatic nitrogens is 2. The van der Waals surface area contributed by atoms with Gasteiger partial charge in [0.05, 0.1) is 17.3 Å². The number of nitrogens with one attached hydrogen (secondary N) is 2. The number of H-pyrrole nitrogens is 1. The molecule has 2 N–H and O–H groups in total. The summed E-state index contributed by atoms with van der Waals surface area (Å²) < 4.78 is 24.9. The molecule has 2 unspecified atom stereocenters. The van der Waals surface area contributed by atoms with E-state index in [4.69, 9.17) is 0 Å². The predicted molar refractivity (Wildman–Crippen MR) is 91.1 cm³/mol. The summed E-state index contributed by atoms with van der Waals surface area (Å²) >= 11 is 0. The van der Waals surface area contributed by atoms with Gasteiger partial charge in [-0.15, -0.1) is 0 Å². The van der Waals surface area contributed by atoms with E-state index in [9.17, 15) is 8.42 Å². The Labute approximate surface area is 134 Å². The Bertz CT molecular complexity index is 928. The zero-order valence-corrected chi connectivity index (χ0v) is 13.5. The molecule has 118 valence electrons. The van der Waals surface area contributed by atoms with E-state index < -0.39 is 10.0 Å². The Kier molecular flexibility index (Phi) is 3.16. The predicted octanol–water partition coefficient (Wildman–Crippen LogP) is 3.21. The summed E-state index contributed by atoms with van der Waals surface area (Å²) in [6.07, 6.45) is 2.22. The highest BCUT2D eigenvalue weighted by atomic mass is 32.2. The normalized spacial score (nSPS) is 20.6. The zero-order valence-electron chi connectivity index (χ0n) is 12.7. The largest absolute Gasteiger partial charge is 0.342 e. The first kappa shape index (κ1) is 14.3. The second kappa shape index (κ2) is 5.09. The van der Waals surface area contributed by atoms with E-state index in [0.717, 1.165) is 29.5 Å². The van der Waals surface area contributed by atoms with Crippen LogP contribution >= 0.6 is 0 Å². The Morgan fingerprint density at radius 2 is 1.83 bits per heavy atom. The number of hydrogen-bond acceptors (Lipinski definition) is 3. The number of nitrogens with zero attached hydrogens (tertiary/aromatic N) is 1. The van der Waals surface area contributed by atoms with Crippen molar-refractivity contribution < 1.29 is 8.42 Å². The van der Waals surface area contributed by atoms with Gasteiger partial charge in [-0.3, -0.25) is 4.72 Å². The van der Waals surface area contributed by atoms with Crippen LogP contribution < -0.4 is 4.72 Å². The third kappa shape index (κ3) is 2.94. The quantitative estimate of drug-likeness (QED) is 0.772. The van der Waals surface area contributed by atoms with Crippen molar-refractivity contribution in [2.45, 2.75) is 18.3 Å².